The Morgan fingerprint density at radius 2 is 2.36 bits per heavy atom. The SMILES string of the molecule is CNC(=O)c1nn(C)cc1C. The first-order valence-electron chi connectivity index (χ1n) is 3.37. The van der Waals surface area contributed by atoms with Crippen LogP contribution in [0.5, 0.6) is 0 Å². The Morgan fingerprint density at radius 1 is 1.73 bits per heavy atom. The molecule has 0 unspecified atom stereocenters. The van der Waals surface area contributed by atoms with Crippen LogP contribution in [0.1, 0.15) is 16.1 Å². The zero-order chi connectivity index (χ0) is 8.43. The Morgan fingerprint density at radius 3 is 2.73 bits per heavy atom. The van der Waals surface area contributed by atoms with Gasteiger partial charge in [-0.15, -0.1) is 0 Å². The summed E-state index contributed by atoms with van der Waals surface area (Å²) in [6.07, 6.45) is 1.81. The number of nitrogens with one attached hydrogen (secondary N) is 1. The molecule has 1 heterocycles. The van der Waals surface area contributed by atoms with Crippen molar-refractivity contribution >= 4 is 5.91 Å². The second kappa shape index (κ2) is 2.74. The number of aryl methyl sites for hydroxylation is 2. The van der Waals surface area contributed by atoms with Gasteiger partial charge in [0.15, 0.2) is 5.69 Å². The van der Waals surface area contributed by atoms with E-state index in [2.05, 4.69) is 10.4 Å². The molecule has 0 spiro atoms. The fraction of sp³-hybridized carbons (Fsp3) is 0.429. The molecular formula is C7H11N3O. The Balaban J connectivity index is 3.03. The maximum absolute atomic E-state index is 11.1. The zero-order valence-corrected chi connectivity index (χ0v) is 6.88. The van der Waals surface area contributed by atoms with Gasteiger partial charge in [-0.1, -0.05) is 0 Å². The van der Waals surface area contributed by atoms with Crippen LogP contribution in [-0.4, -0.2) is 22.7 Å². The number of carbonyl (C=O) groups is 1. The van der Waals surface area contributed by atoms with Crippen molar-refractivity contribution in [2.24, 2.45) is 7.05 Å². The van der Waals surface area contributed by atoms with Crippen molar-refractivity contribution in [3.05, 3.63) is 17.5 Å². The van der Waals surface area contributed by atoms with Gasteiger partial charge in [-0.25, -0.2) is 0 Å². The number of carbonyl (C=O) groups excluding carboxylic acids is 1. The first-order chi connectivity index (χ1) is 5.15. The molecule has 0 fully saturated rings. The zero-order valence-electron chi connectivity index (χ0n) is 6.88. The summed E-state index contributed by atoms with van der Waals surface area (Å²) >= 11 is 0. The van der Waals surface area contributed by atoms with E-state index in [1.54, 1.807) is 18.8 Å². The molecule has 1 rings (SSSR count). The predicted octanol–water partition coefficient (Wildman–Crippen LogP) is 0.0881. The van der Waals surface area contributed by atoms with Gasteiger partial charge in [0.1, 0.15) is 0 Å². The molecule has 0 radical (unpaired) electrons. The number of rotatable bonds is 1. The molecule has 4 heteroatoms. The molecule has 0 aliphatic rings. The summed E-state index contributed by atoms with van der Waals surface area (Å²) in [5.74, 6) is -0.136. The smallest absolute Gasteiger partial charge is 0.271 e. The maximum atomic E-state index is 11.1. The largest absolute Gasteiger partial charge is 0.354 e. The topological polar surface area (TPSA) is 46.9 Å². The first-order valence-corrected chi connectivity index (χ1v) is 3.37. The minimum Gasteiger partial charge on any atom is -0.354 e. The molecule has 0 atom stereocenters. The van der Waals surface area contributed by atoms with Gasteiger partial charge in [0.25, 0.3) is 5.91 Å². The van der Waals surface area contributed by atoms with Crippen LogP contribution in [0.25, 0.3) is 0 Å². The average molecular weight is 153 g/mol. The van der Waals surface area contributed by atoms with Gasteiger partial charge in [-0.05, 0) is 6.92 Å². The van der Waals surface area contributed by atoms with E-state index in [0.29, 0.717) is 5.69 Å². The molecule has 4 nitrogen and oxygen atoms in total. The van der Waals surface area contributed by atoms with Gasteiger partial charge in [0.05, 0.1) is 0 Å². The highest BCUT2D eigenvalue weighted by Gasteiger charge is 2.09. The number of nitrogens with zero attached hydrogens (tertiary/aromatic N) is 2. The Kier molecular flexibility index (Phi) is 1.94. The summed E-state index contributed by atoms with van der Waals surface area (Å²) in [5, 5.41) is 6.51. The van der Waals surface area contributed by atoms with Crippen molar-refractivity contribution in [1.29, 1.82) is 0 Å². The van der Waals surface area contributed by atoms with Crippen molar-refractivity contribution < 1.29 is 4.79 Å². The molecule has 1 aromatic rings. The Bertz CT molecular complexity index is 277. The molecule has 0 aromatic carbocycles. The molecule has 0 saturated heterocycles. The lowest BCUT2D eigenvalue weighted by Crippen LogP contribution is -2.19. The fourth-order valence-electron chi connectivity index (χ4n) is 0.950. The quantitative estimate of drug-likeness (QED) is 0.621. The highest BCUT2D eigenvalue weighted by atomic mass is 16.1. The Labute approximate surface area is 65.2 Å². The van der Waals surface area contributed by atoms with Crippen LogP contribution in [0, 0.1) is 6.92 Å². The van der Waals surface area contributed by atoms with Crippen LogP contribution in [0.15, 0.2) is 6.20 Å². The lowest BCUT2D eigenvalue weighted by Gasteiger charge is -1.93. The summed E-state index contributed by atoms with van der Waals surface area (Å²) in [6, 6.07) is 0. The molecule has 11 heavy (non-hydrogen) atoms. The number of amides is 1. The van der Waals surface area contributed by atoms with E-state index in [9.17, 15) is 4.79 Å². The molecule has 0 aliphatic carbocycles. The van der Waals surface area contributed by atoms with E-state index >= 15 is 0 Å². The molecule has 1 aromatic heterocycles. The highest BCUT2D eigenvalue weighted by Crippen LogP contribution is 2.02. The van der Waals surface area contributed by atoms with E-state index in [-0.39, 0.29) is 5.91 Å². The minimum absolute atomic E-state index is 0.136. The summed E-state index contributed by atoms with van der Waals surface area (Å²) in [6.45, 7) is 1.86. The molecular weight excluding hydrogens is 142 g/mol. The molecule has 1 amide bonds. The maximum Gasteiger partial charge on any atom is 0.271 e. The minimum atomic E-state index is -0.136. The molecule has 60 valence electrons. The van der Waals surface area contributed by atoms with Gasteiger partial charge in [-0.2, -0.15) is 5.10 Å². The van der Waals surface area contributed by atoms with E-state index in [1.807, 2.05) is 13.1 Å². The monoisotopic (exact) mass is 153 g/mol. The first kappa shape index (κ1) is 7.78. The summed E-state index contributed by atoms with van der Waals surface area (Å²) in [5.41, 5.74) is 1.39. The van der Waals surface area contributed by atoms with Crippen LogP contribution in [0.3, 0.4) is 0 Å². The summed E-state index contributed by atoms with van der Waals surface area (Å²) in [4.78, 5) is 11.1. The number of aromatic nitrogens is 2. The number of hydrogen-bond acceptors (Lipinski definition) is 2. The van der Waals surface area contributed by atoms with E-state index in [0.717, 1.165) is 5.56 Å². The van der Waals surface area contributed by atoms with Crippen LogP contribution in [-0.2, 0) is 7.05 Å². The molecule has 0 bridgehead atoms. The third-order valence-electron chi connectivity index (χ3n) is 1.45. The van der Waals surface area contributed by atoms with E-state index in [1.165, 1.54) is 0 Å². The molecule has 0 saturated carbocycles. The van der Waals surface area contributed by atoms with Crippen molar-refractivity contribution in [1.82, 2.24) is 15.1 Å². The lowest BCUT2D eigenvalue weighted by atomic mass is 10.3. The fourth-order valence-corrected chi connectivity index (χ4v) is 0.950. The van der Waals surface area contributed by atoms with Gasteiger partial charge in [-0.3, -0.25) is 9.48 Å². The van der Waals surface area contributed by atoms with Crippen LogP contribution in [0.4, 0.5) is 0 Å². The second-order valence-corrected chi connectivity index (χ2v) is 2.41. The van der Waals surface area contributed by atoms with Crippen molar-refractivity contribution in [3.63, 3.8) is 0 Å². The predicted molar refractivity (Wildman–Crippen MR) is 41.3 cm³/mol. The summed E-state index contributed by atoms with van der Waals surface area (Å²) < 4.78 is 1.62. The number of hydrogen-bond donors (Lipinski definition) is 1. The van der Waals surface area contributed by atoms with Gasteiger partial charge in [0.2, 0.25) is 0 Å². The average Bonchev–Trinajstić information content (AvgIpc) is 2.28. The van der Waals surface area contributed by atoms with Crippen molar-refractivity contribution in [3.8, 4) is 0 Å². The van der Waals surface area contributed by atoms with E-state index < -0.39 is 0 Å². The third-order valence-corrected chi connectivity index (χ3v) is 1.45. The molecule has 1 N–H and O–H groups in total. The normalized spacial score (nSPS) is 9.73. The Hall–Kier alpha value is -1.32. The van der Waals surface area contributed by atoms with Crippen LogP contribution >= 0.6 is 0 Å². The van der Waals surface area contributed by atoms with Crippen molar-refractivity contribution in [2.45, 2.75) is 6.92 Å². The standard InChI is InChI=1S/C7H11N3O/c1-5-4-10(3)9-6(5)7(11)8-2/h4H,1-3H3,(H,8,11). The van der Waals surface area contributed by atoms with E-state index in [4.69, 9.17) is 0 Å². The summed E-state index contributed by atoms with van der Waals surface area (Å²) in [7, 11) is 3.38. The lowest BCUT2D eigenvalue weighted by molar-refractivity contribution is 0.0957. The molecule has 0 aliphatic heterocycles. The van der Waals surface area contributed by atoms with Gasteiger partial charge < -0.3 is 5.32 Å². The highest BCUT2D eigenvalue weighted by molar-refractivity contribution is 5.93. The van der Waals surface area contributed by atoms with Crippen LogP contribution < -0.4 is 5.32 Å². The van der Waals surface area contributed by atoms with Gasteiger partial charge in [0, 0.05) is 25.9 Å². The second-order valence-electron chi connectivity index (χ2n) is 2.41. The van der Waals surface area contributed by atoms with Crippen LogP contribution in [0.2, 0.25) is 0 Å². The van der Waals surface area contributed by atoms with Gasteiger partial charge >= 0.3 is 0 Å². The third kappa shape index (κ3) is 1.39. The van der Waals surface area contributed by atoms with Crippen molar-refractivity contribution in [2.75, 3.05) is 7.05 Å².